The molecule has 0 radical (unpaired) electrons. The Labute approximate surface area is 444 Å². The van der Waals surface area contributed by atoms with Crippen molar-refractivity contribution in [1.29, 1.82) is 0 Å². The molecule has 2 rings (SSSR count). The highest BCUT2D eigenvalue weighted by molar-refractivity contribution is 5.76. The molecule has 2 aliphatic rings. The Kier molecular flexibility index (Phi) is 42.5. The molecule has 0 aliphatic carbocycles. The van der Waals surface area contributed by atoms with E-state index >= 15 is 0 Å². The summed E-state index contributed by atoms with van der Waals surface area (Å²) in [6, 6.07) is -0.909. The molecule has 432 valence electrons. The van der Waals surface area contributed by atoms with E-state index in [0.29, 0.717) is 6.42 Å². The van der Waals surface area contributed by atoms with Gasteiger partial charge in [-0.05, 0) is 19.3 Å². The second-order valence-corrected chi connectivity index (χ2v) is 21.8. The Hall–Kier alpha value is -1.27. The molecule has 14 nitrogen and oxygen atoms in total. The van der Waals surface area contributed by atoms with Gasteiger partial charge in [0.15, 0.2) is 12.6 Å². The molecule has 73 heavy (non-hydrogen) atoms. The molecular weight excluding hydrogens is 931 g/mol. The first-order valence-electron chi connectivity index (χ1n) is 30.4. The number of hydrogen-bond acceptors (Lipinski definition) is 13. The molecule has 2 aliphatic heterocycles. The highest BCUT2D eigenvalue weighted by atomic mass is 16.7. The van der Waals surface area contributed by atoms with Gasteiger partial charge >= 0.3 is 0 Å². The smallest absolute Gasteiger partial charge is 0.220 e. The number of ether oxygens (including phenoxy) is 4. The van der Waals surface area contributed by atoms with Crippen LogP contribution in [0.4, 0.5) is 0 Å². The third kappa shape index (κ3) is 31.7. The van der Waals surface area contributed by atoms with Crippen molar-refractivity contribution in [2.24, 2.45) is 0 Å². The summed E-state index contributed by atoms with van der Waals surface area (Å²) in [5, 5.41) is 87.1. The summed E-state index contributed by atoms with van der Waals surface area (Å²) in [5.74, 6) is -0.235. The molecule has 1 amide bonds. The zero-order valence-corrected chi connectivity index (χ0v) is 46.4. The van der Waals surface area contributed by atoms with Crippen LogP contribution in [0.25, 0.3) is 0 Å². The number of allylic oxidation sites excluding steroid dienone is 1. The van der Waals surface area contributed by atoms with E-state index in [-0.39, 0.29) is 18.9 Å². The molecular formula is C59H113NO13. The predicted molar refractivity (Wildman–Crippen MR) is 291 cm³/mol. The van der Waals surface area contributed by atoms with E-state index in [1.165, 1.54) is 199 Å². The molecule has 9 N–H and O–H groups in total. The molecule has 2 heterocycles. The zero-order valence-electron chi connectivity index (χ0n) is 46.4. The van der Waals surface area contributed by atoms with Crippen molar-refractivity contribution in [3.63, 3.8) is 0 Å². The number of carbonyl (C=O) groups excluding carboxylic acids is 1. The van der Waals surface area contributed by atoms with Crippen molar-refractivity contribution in [1.82, 2.24) is 5.32 Å². The van der Waals surface area contributed by atoms with Crippen LogP contribution >= 0.6 is 0 Å². The predicted octanol–water partition coefficient (Wildman–Crippen LogP) is 10.3. The molecule has 14 heteroatoms. The number of amides is 1. The first kappa shape index (κ1) is 67.8. The molecule has 0 aromatic rings. The van der Waals surface area contributed by atoms with Crippen LogP contribution in [0.3, 0.4) is 0 Å². The first-order chi connectivity index (χ1) is 35.6. The quantitative estimate of drug-likeness (QED) is 0.0204. The molecule has 2 saturated heterocycles. The Morgan fingerprint density at radius 1 is 0.479 bits per heavy atom. The Morgan fingerprint density at radius 2 is 0.849 bits per heavy atom. The SMILES string of the molecule is CCCCCCCCCCCCCCCCCCCCCCCC/C=C/C(O)C(COC1OC(CO)C(OC2OC(CO)C(O)C(O)C2O)C(O)C1O)NC(=O)CCCCCCCCCCCCCCCCC. The molecule has 0 saturated carbocycles. The minimum atomic E-state index is -1.79. The van der Waals surface area contributed by atoms with E-state index in [4.69, 9.17) is 18.9 Å². The lowest BCUT2D eigenvalue weighted by atomic mass is 9.97. The van der Waals surface area contributed by atoms with Crippen LogP contribution < -0.4 is 5.32 Å². The van der Waals surface area contributed by atoms with Gasteiger partial charge in [0.1, 0.15) is 48.8 Å². The molecule has 0 aromatic carbocycles. The van der Waals surface area contributed by atoms with E-state index in [2.05, 4.69) is 19.2 Å². The van der Waals surface area contributed by atoms with E-state index < -0.39 is 86.8 Å². The summed E-state index contributed by atoms with van der Waals surface area (Å²) in [7, 11) is 0. The third-order valence-electron chi connectivity index (χ3n) is 15.2. The highest BCUT2D eigenvalue weighted by Crippen LogP contribution is 2.30. The Bertz CT molecular complexity index is 1280. The number of carbonyl (C=O) groups is 1. The summed E-state index contributed by atoms with van der Waals surface area (Å²) in [6.45, 7) is 2.83. The number of nitrogens with one attached hydrogen (secondary N) is 1. The standard InChI is InChI=1S/C59H113NO13/c1-3-5-7-9-11-13-15-17-19-20-21-22-23-24-25-26-27-29-30-32-34-36-38-40-42-48(63)47(60-51(64)43-41-39-37-35-33-31-28-18-16-14-12-10-8-6-4-2)46-70-58-56(69)54(67)57(50(45-62)72-58)73-59-55(68)53(66)52(65)49(44-61)71-59/h40,42,47-50,52-59,61-63,65-69H,3-39,41,43-46H2,1-2H3,(H,60,64)/b42-40+. The van der Waals surface area contributed by atoms with Gasteiger partial charge in [0, 0.05) is 6.42 Å². The molecule has 2 fully saturated rings. The number of rotatable bonds is 49. The van der Waals surface area contributed by atoms with Crippen LogP contribution in [0.1, 0.15) is 264 Å². The summed E-state index contributed by atoms with van der Waals surface area (Å²) in [5.41, 5.74) is 0. The van der Waals surface area contributed by atoms with Gasteiger partial charge in [-0.1, -0.05) is 251 Å². The van der Waals surface area contributed by atoms with Crippen molar-refractivity contribution >= 4 is 5.91 Å². The zero-order chi connectivity index (χ0) is 53.2. The number of hydrogen-bond donors (Lipinski definition) is 9. The summed E-state index contributed by atoms with van der Waals surface area (Å²) < 4.78 is 22.8. The molecule has 0 aromatic heterocycles. The van der Waals surface area contributed by atoms with Gasteiger partial charge in [-0.2, -0.15) is 0 Å². The van der Waals surface area contributed by atoms with Crippen LogP contribution in [0.15, 0.2) is 12.2 Å². The minimum absolute atomic E-state index is 0.235. The topological polar surface area (TPSA) is 228 Å². The second-order valence-electron chi connectivity index (χ2n) is 21.8. The highest BCUT2D eigenvalue weighted by Gasteiger charge is 2.51. The largest absolute Gasteiger partial charge is 0.394 e. The monoisotopic (exact) mass is 1040 g/mol. The first-order valence-corrected chi connectivity index (χ1v) is 30.4. The third-order valence-corrected chi connectivity index (χ3v) is 15.2. The lowest BCUT2D eigenvalue weighted by molar-refractivity contribution is -0.359. The maximum absolute atomic E-state index is 13.2. The molecule has 0 spiro atoms. The average molecular weight is 1040 g/mol. The molecule has 12 unspecified atom stereocenters. The Balaban J connectivity index is 1.74. The number of aliphatic hydroxyl groups is 8. The van der Waals surface area contributed by atoms with Crippen molar-refractivity contribution in [3.8, 4) is 0 Å². The van der Waals surface area contributed by atoms with Gasteiger partial charge in [-0.25, -0.2) is 0 Å². The average Bonchev–Trinajstić information content (AvgIpc) is 3.39. The maximum Gasteiger partial charge on any atom is 0.220 e. The molecule has 0 bridgehead atoms. The van der Waals surface area contributed by atoms with Crippen LogP contribution in [0.2, 0.25) is 0 Å². The fraction of sp³-hybridized carbons (Fsp3) is 0.949. The van der Waals surface area contributed by atoms with Crippen molar-refractivity contribution in [2.45, 2.75) is 338 Å². The van der Waals surface area contributed by atoms with E-state index in [0.717, 1.165) is 38.5 Å². The van der Waals surface area contributed by atoms with Gasteiger partial charge in [0.05, 0.1) is 32.0 Å². The van der Waals surface area contributed by atoms with Gasteiger partial charge in [-0.3, -0.25) is 4.79 Å². The van der Waals surface area contributed by atoms with Crippen LogP contribution in [-0.2, 0) is 23.7 Å². The summed E-state index contributed by atoms with van der Waals surface area (Å²) in [4.78, 5) is 13.2. The van der Waals surface area contributed by atoms with Crippen molar-refractivity contribution < 1.29 is 64.6 Å². The molecule has 12 atom stereocenters. The maximum atomic E-state index is 13.2. The number of aliphatic hydroxyl groups excluding tert-OH is 8. The second kappa shape index (κ2) is 45.7. The fourth-order valence-electron chi connectivity index (χ4n) is 10.3. The fourth-order valence-corrected chi connectivity index (χ4v) is 10.3. The normalized spacial score (nSPS) is 25.4. The van der Waals surface area contributed by atoms with Crippen LogP contribution in [-0.4, -0.2) is 140 Å². The summed E-state index contributed by atoms with van der Waals surface area (Å²) in [6.07, 6.45) is 35.4. The lowest BCUT2D eigenvalue weighted by Crippen LogP contribution is -2.65. The van der Waals surface area contributed by atoms with Gasteiger partial charge in [-0.15, -0.1) is 0 Å². The van der Waals surface area contributed by atoms with Crippen molar-refractivity contribution in [3.05, 3.63) is 12.2 Å². The van der Waals surface area contributed by atoms with Gasteiger partial charge < -0.3 is 65.1 Å². The minimum Gasteiger partial charge on any atom is -0.394 e. The van der Waals surface area contributed by atoms with E-state index in [9.17, 15) is 45.6 Å². The van der Waals surface area contributed by atoms with Gasteiger partial charge in [0.2, 0.25) is 5.91 Å². The number of unbranched alkanes of at least 4 members (excludes halogenated alkanes) is 36. The van der Waals surface area contributed by atoms with Crippen LogP contribution in [0, 0.1) is 0 Å². The Morgan fingerprint density at radius 3 is 1.26 bits per heavy atom. The van der Waals surface area contributed by atoms with Crippen molar-refractivity contribution in [2.75, 3.05) is 19.8 Å². The lowest BCUT2D eigenvalue weighted by Gasteiger charge is -2.46. The summed E-state index contributed by atoms with van der Waals surface area (Å²) >= 11 is 0. The van der Waals surface area contributed by atoms with E-state index in [1.54, 1.807) is 6.08 Å². The van der Waals surface area contributed by atoms with E-state index in [1.807, 2.05) is 6.08 Å². The van der Waals surface area contributed by atoms with Gasteiger partial charge in [0.25, 0.3) is 0 Å². The van der Waals surface area contributed by atoms with Crippen LogP contribution in [0.5, 0.6) is 0 Å².